The largest absolute Gasteiger partial charge is 0.347 e. The highest BCUT2D eigenvalue weighted by Gasteiger charge is 2.20. The van der Waals surface area contributed by atoms with Crippen molar-refractivity contribution in [1.82, 2.24) is 4.57 Å². The summed E-state index contributed by atoms with van der Waals surface area (Å²) in [5, 5.41) is 1.37. The van der Waals surface area contributed by atoms with Crippen molar-refractivity contribution in [3.63, 3.8) is 0 Å². The highest BCUT2D eigenvalue weighted by atomic mass is 79.9. The summed E-state index contributed by atoms with van der Waals surface area (Å²) in [4.78, 5) is 0. The summed E-state index contributed by atoms with van der Waals surface area (Å²) < 4.78 is 3.59. The van der Waals surface area contributed by atoms with Gasteiger partial charge in [-0.25, -0.2) is 0 Å². The van der Waals surface area contributed by atoms with Crippen molar-refractivity contribution in [2.45, 2.75) is 45.2 Å². The molecule has 2 nitrogen and oxygen atoms in total. The fourth-order valence-electron chi connectivity index (χ4n) is 3.00. The fourth-order valence-corrected chi connectivity index (χ4v) is 3.51. The number of hydrogen-bond acceptors (Lipinski definition) is 1. The summed E-state index contributed by atoms with van der Waals surface area (Å²) in [7, 11) is 0. The Morgan fingerprint density at radius 2 is 2.17 bits per heavy atom. The van der Waals surface area contributed by atoms with Crippen LogP contribution >= 0.6 is 15.9 Å². The second-order valence-electron chi connectivity index (χ2n) is 6.08. The lowest BCUT2D eigenvalue weighted by Gasteiger charge is -2.17. The van der Waals surface area contributed by atoms with Gasteiger partial charge in [0.2, 0.25) is 0 Å². The van der Waals surface area contributed by atoms with Crippen molar-refractivity contribution >= 4 is 26.8 Å². The van der Waals surface area contributed by atoms with Crippen LogP contribution in [0.25, 0.3) is 10.9 Å². The van der Waals surface area contributed by atoms with Crippen LogP contribution in [0.3, 0.4) is 0 Å². The summed E-state index contributed by atoms with van der Waals surface area (Å²) in [5.41, 5.74) is 10.3. The average Bonchev–Trinajstić information content (AvgIpc) is 2.56. The van der Waals surface area contributed by atoms with Crippen LogP contribution in [-0.4, -0.2) is 10.1 Å². The maximum absolute atomic E-state index is 6.18. The Morgan fingerprint density at radius 1 is 1.39 bits per heavy atom. The molecular formula is C15H19BrN2. The van der Waals surface area contributed by atoms with Gasteiger partial charge in [0.15, 0.2) is 0 Å². The smallest absolute Gasteiger partial charge is 0.0516 e. The predicted molar refractivity (Wildman–Crippen MR) is 79.9 cm³/mol. The summed E-state index contributed by atoms with van der Waals surface area (Å²) in [6.45, 7) is 5.32. The first-order valence-corrected chi connectivity index (χ1v) is 7.32. The first-order chi connectivity index (χ1) is 8.44. The van der Waals surface area contributed by atoms with E-state index in [1.807, 2.05) is 0 Å². The standard InChI is InChI=1S/C15H19BrN2/c1-15(2,17)8-11-9-18-5-3-4-10-6-12(16)7-13(11)14(10)18/h6-7,9H,3-5,8,17H2,1-2H3. The molecular weight excluding hydrogens is 288 g/mol. The maximum atomic E-state index is 6.18. The molecule has 0 atom stereocenters. The molecule has 0 spiro atoms. The molecule has 0 fully saturated rings. The lowest BCUT2D eigenvalue weighted by Crippen LogP contribution is -2.34. The summed E-state index contributed by atoms with van der Waals surface area (Å²) in [6, 6.07) is 4.50. The molecule has 2 aromatic rings. The van der Waals surface area contributed by atoms with Crippen LogP contribution in [0.15, 0.2) is 22.8 Å². The molecule has 1 aromatic heterocycles. The van der Waals surface area contributed by atoms with E-state index in [-0.39, 0.29) is 5.54 Å². The summed E-state index contributed by atoms with van der Waals surface area (Å²) in [6.07, 6.45) is 5.64. The van der Waals surface area contributed by atoms with E-state index in [1.165, 1.54) is 39.3 Å². The molecule has 1 aromatic carbocycles. The van der Waals surface area contributed by atoms with E-state index in [0.717, 1.165) is 13.0 Å². The fraction of sp³-hybridized carbons (Fsp3) is 0.467. The number of benzene rings is 1. The molecule has 1 aliphatic rings. The number of nitrogens with zero attached hydrogens (tertiary/aromatic N) is 1. The van der Waals surface area contributed by atoms with Gasteiger partial charge in [-0.3, -0.25) is 0 Å². The van der Waals surface area contributed by atoms with Crippen LogP contribution in [-0.2, 0) is 19.4 Å². The minimum atomic E-state index is -0.157. The van der Waals surface area contributed by atoms with Gasteiger partial charge in [0.1, 0.15) is 0 Å². The highest BCUT2D eigenvalue weighted by Crippen LogP contribution is 2.33. The van der Waals surface area contributed by atoms with E-state index >= 15 is 0 Å². The van der Waals surface area contributed by atoms with Gasteiger partial charge in [0.05, 0.1) is 5.52 Å². The van der Waals surface area contributed by atoms with E-state index < -0.39 is 0 Å². The molecule has 3 heteroatoms. The van der Waals surface area contributed by atoms with Gasteiger partial charge >= 0.3 is 0 Å². The Balaban J connectivity index is 2.23. The normalized spacial score (nSPS) is 15.3. The van der Waals surface area contributed by atoms with Crippen LogP contribution < -0.4 is 5.73 Å². The predicted octanol–water partition coefficient (Wildman–Crippen LogP) is 3.63. The Morgan fingerprint density at radius 3 is 2.89 bits per heavy atom. The number of hydrogen-bond donors (Lipinski definition) is 1. The Kier molecular flexibility index (Phi) is 2.79. The molecule has 0 aliphatic carbocycles. The third-order valence-electron chi connectivity index (χ3n) is 3.59. The zero-order chi connectivity index (χ0) is 12.9. The Labute approximate surface area is 116 Å². The van der Waals surface area contributed by atoms with E-state index in [1.54, 1.807) is 0 Å². The van der Waals surface area contributed by atoms with Gasteiger partial charge in [-0.05, 0) is 56.4 Å². The Hall–Kier alpha value is -0.800. The number of nitrogens with two attached hydrogens (primary N) is 1. The molecule has 0 unspecified atom stereocenters. The number of aryl methyl sites for hydroxylation is 2. The lowest BCUT2D eigenvalue weighted by molar-refractivity contribution is 0.517. The van der Waals surface area contributed by atoms with Crippen molar-refractivity contribution in [2.75, 3.05) is 0 Å². The molecule has 18 heavy (non-hydrogen) atoms. The average molecular weight is 307 g/mol. The molecule has 0 saturated carbocycles. The van der Waals surface area contributed by atoms with Crippen LogP contribution in [0.4, 0.5) is 0 Å². The monoisotopic (exact) mass is 306 g/mol. The van der Waals surface area contributed by atoms with Crippen LogP contribution in [0.5, 0.6) is 0 Å². The third-order valence-corrected chi connectivity index (χ3v) is 4.05. The SMILES string of the molecule is CC(C)(N)Cc1cn2c3c(cc(Br)cc13)CCC2. The van der Waals surface area contributed by atoms with E-state index in [9.17, 15) is 0 Å². The van der Waals surface area contributed by atoms with E-state index in [0.29, 0.717) is 0 Å². The van der Waals surface area contributed by atoms with Crippen molar-refractivity contribution in [1.29, 1.82) is 0 Å². The molecule has 1 aliphatic heterocycles. The molecule has 2 heterocycles. The van der Waals surface area contributed by atoms with Gasteiger partial charge in [-0.15, -0.1) is 0 Å². The van der Waals surface area contributed by atoms with Gasteiger partial charge < -0.3 is 10.3 Å². The molecule has 96 valence electrons. The summed E-state index contributed by atoms with van der Waals surface area (Å²) in [5.74, 6) is 0. The van der Waals surface area contributed by atoms with E-state index in [2.05, 4.69) is 52.7 Å². The second-order valence-corrected chi connectivity index (χ2v) is 6.99. The molecule has 0 saturated heterocycles. The van der Waals surface area contributed by atoms with Gasteiger partial charge in [0, 0.05) is 28.1 Å². The van der Waals surface area contributed by atoms with Crippen LogP contribution in [0, 0.1) is 0 Å². The quantitative estimate of drug-likeness (QED) is 0.902. The molecule has 3 rings (SSSR count). The van der Waals surface area contributed by atoms with Crippen molar-refractivity contribution in [2.24, 2.45) is 5.73 Å². The van der Waals surface area contributed by atoms with Gasteiger partial charge in [-0.1, -0.05) is 15.9 Å². The zero-order valence-corrected chi connectivity index (χ0v) is 12.5. The first kappa shape index (κ1) is 12.2. The van der Waals surface area contributed by atoms with Crippen molar-refractivity contribution in [3.05, 3.63) is 33.9 Å². The van der Waals surface area contributed by atoms with Crippen LogP contribution in [0.1, 0.15) is 31.4 Å². The van der Waals surface area contributed by atoms with Crippen molar-refractivity contribution in [3.8, 4) is 0 Å². The number of halogens is 1. The Bertz CT molecular complexity index is 605. The van der Waals surface area contributed by atoms with E-state index in [4.69, 9.17) is 5.73 Å². The minimum absolute atomic E-state index is 0.157. The van der Waals surface area contributed by atoms with Gasteiger partial charge in [-0.2, -0.15) is 0 Å². The maximum Gasteiger partial charge on any atom is 0.0516 e. The minimum Gasteiger partial charge on any atom is -0.347 e. The zero-order valence-electron chi connectivity index (χ0n) is 11.0. The topological polar surface area (TPSA) is 30.9 Å². The lowest BCUT2D eigenvalue weighted by atomic mass is 9.95. The molecule has 0 bridgehead atoms. The number of rotatable bonds is 2. The summed E-state index contributed by atoms with van der Waals surface area (Å²) >= 11 is 3.63. The third kappa shape index (κ3) is 2.10. The first-order valence-electron chi connectivity index (χ1n) is 6.53. The second kappa shape index (κ2) is 4.10. The van der Waals surface area contributed by atoms with Crippen molar-refractivity contribution < 1.29 is 0 Å². The van der Waals surface area contributed by atoms with Gasteiger partial charge in [0.25, 0.3) is 0 Å². The molecule has 0 amide bonds. The molecule has 2 N–H and O–H groups in total. The van der Waals surface area contributed by atoms with Crippen LogP contribution in [0.2, 0.25) is 0 Å². The highest BCUT2D eigenvalue weighted by molar-refractivity contribution is 9.10. The number of aromatic nitrogens is 1. The molecule has 0 radical (unpaired) electrons.